The van der Waals surface area contributed by atoms with E-state index < -0.39 is 10.0 Å². The van der Waals surface area contributed by atoms with Gasteiger partial charge < -0.3 is 11.1 Å². The summed E-state index contributed by atoms with van der Waals surface area (Å²) < 4.78 is 24.8. The molecule has 0 unspecified atom stereocenters. The number of amides is 1. The van der Waals surface area contributed by atoms with Crippen LogP contribution < -0.4 is 16.2 Å². The molecule has 15 heteroatoms. The van der Waals surface area contributed by atoms with E-state index in [4.69, 9.17) is 15.9 Å². The standard InChI is InChI=1S/C26H24N8O3S4/c27-23-22-18-7-4-8-19(18)40-24(22)31-25(30-23)38-13-20-32-33-26(34(20)16-5-2-1-3-6-16)39-14-21(35)29-15-9-11-17(12-10-15)41(28,36)37/h1-3,5-6,9-12H,4,7-8,13-14H2,(H,29,35)(H2,27,30,31)(H2,28,36,37). The van der Waals surface area contributed by atoms with Gasteiger partial charge in [-0.25, -0.2) is 23.5 Å². The summed E-state index contributed by atoms with van der Waals surface area (Å²) in [5, 5.41) is 18.8. The van der Waals surface area contributed by atoms with E-state index in [-0.39, 0.29) is 16.6 Å². The van der Waals surface area contributed by atoms with E-state index in [1.807, 2.05) is 34.9 Å². The van der Waals surface area contributed by atoms with Gasteiger partial charge in [0.1, 0.15) is 16.5 Å². The van der Waals surface area contributed by atoms with Crippen molar-refractivity contribution in [2.75, 3.05) is 16.8 Å². The number of rotatable bonds is 9. The summed E-state index contributed by atoms with van der Waals surface area (Å²) in [6.45, 7) is 0. The number of fused-ring (bicyclic) bond motifs is 3. The topological polar surface area (TPSA) is 172 Å². The number of nitrogens with zero attached hydrogens (tertiary/aromatic N) is 5. The fourth-order valence-corrected chi connectivity index (χ4v) is 7.95. The number of primary sulfonamides is 1. The van der Waals surface area contributed by atoms with Gasteiger partial charge in [0.15, 0.2) is 10.3 Å². The molecule has 1 aliphatic carbocycles. The molecule has 0 fully saturated rings. The highest BCUT2D eigenvalue weighted by Gasteiger charge is 2.22. The quantitative estimate of drug-likeness (QED) is 0.161. The average Bonchev–Trinajstić information content (AvgIpc) is 3.65. The van der Waals surface area contributed by atoms with Crippen molar-refractivity contribution in [2.24, 2.45) is 5.14 Å². The second-order valence-electron chi connectivity index (χ2n) is 9.19. The largest absolute Gasteiger partial charge is 0.383 e. The zero-order valence-electron chi connectivity index (χ0n) is 21.5. The number of hydrogen-bond donors (Lipinski definition) is 3. The van der Waals surface area contributed by atoms with Gasteiger partial charge in [0.25, 0.3) is 0 Å². The van der Waals surface area contributed by atoms with Crippen LogP contribution in [0.1, 0.15) is 22.7 Å². The van der Waals surface area contributed by atoms with Crippen LogP contribution in [0.5, 0.6) is 0 Å². The lowest BCUT2D eigenvalue weighted by atomic mass is 10.2. The molecule has 41 heavy (non-hydrogen) atoms. The number of benzene rings is 2. The monoisotopic (exact) mass is 624 g/mol. The molecule has 6 rings (SSSR count). The molecule has 3 heterocycles. The number of thioether (sulfide) groups is 2. The van der Waals surface area contributed by atoms with Gasteiger partial charge in [0.05, 0.1) is 21.8 Å². The van der Waals surface area contributed by atoms with E-state index in [2.05, 4.69) is 20.5 Å². The van der Waals surface area contributed by atoms with E-state index in [1.54, 1.807) is 11.3 Å². The Labute approximate surface area is 248 Å². The molecule has 0 atom stereocenters. The smallest absolute Gasteiger partial charge is 0.238 e. The van der Waals surface area contributed by atoms with Crippen LogP contribution in [-0.2, 0) is 33.4 Å². The summed E-state index contributed by atoms with van der Waals surface area (Å²) in [6.07, 6.45) is 3.25. The second kappa shape index (κ2) is 11.4. The van der Waals surface area contributed by atoms with Crippen LogP contribution in [0.4, 0.5) is 11.5 Å². The highest BCUT2D eigenvalue weighted by molar-refractivity contribution is 7.99. The lowest BCUT2D eigenvalue weighted by Crippen LogP contribution is -2.15. The fourth-order valence-electron chi connectivity index (χ4n) is 4.58. The zero-order chi connectivity index (χ0) is 28.6. The summed E-state index contributed by atoms with van der Waals surface area (Å²) in [7, 11) is -3.81. The Morgan fingerprint density at radius 1 is 1.02 bits per heavy atom. The summed E-state index contributed by atoms with van der Waals surface area (Å²) in [4.78, 5) is 24.3. The first-order valence-corrected chi connectivity index (χ1v) is 16.9. The maximum absolute atomic E-state index is 12.7. The maximum atomic E-state index is 12.7. The van der Waals surface area contributed by atoms with Crippen molar-refractivity contribution < 1.29 is 13.2 Å². The van der Waals surface area contributed by atoms with Crippen molar-refractivity contribution >= 4 is 72.5 Å². The minimum atomic E-state index is -3.81. The Morgan fingerprint density at radius 2 is 1.80 bits per heavy atom. The first kappa shape index (κ1) is 27.7. The van der Waals surface area contributed by atoms with Gasteiger partial charge in [0, 0.05) is 16.3 Å². The predicted octanol–water partition coefficient (Wildman–Crippen LogP) is 4.01. The lowest BCUT2D eigenvalue weighted by Gasteiger charge is -2.10. The first-order chi connectivity index (χ1) is 19.8. The van der Waals surface area contributed by atoms with E-state index in [0.717, 1.165) is 35.2 Å². The minimum Gasteiger partial charge on any atom is -0.383 e. The highest BCUT2D eigenvalue weighted by atomic mass is 32.2. The Morgan fingerprint density at radius 3 is 2.56 bits per heavy atom. The summed E-state index contributed by atoms with van der Waals surface area (Å²) in [5.74, 6) is 1.42. The number of nitrogens with one attached hydrogen (secondary N) is 1. The molecule has 0 saturated carbocycles. The van der Waals surface area contributed by atoms with Gasteiger partial charge in [-0.05, 0) is 61.2 Å². The predicted molar refractivity (Wildman–Crippen MR) is 162 cm³/mol. The number of sulfonamides is 1. The SMILES string of the molecule is Nc1nc(SCc2nnc(SCC(=O)Nc3ccc(S(N)(=O)=O)cc3)n2-c2ccccc2)nc2sc3c(c12)CCC3. The Balaban J connectivity index is 1.17. The summed E-state index contributed by atoms with van der Waals surface area (Å²) in [6, 6.07) is 15.3. The van der Waals surface area contributed by atoms with Gasteiger partial charge in [0.2, 0.25) is 15.9 Å². The van der Waals surface area contributed by atoms with Crippen LogP contribution in [-0.4, -0.2) is 44.8 Å². The number of aromatic nitrogens is 5. The van der Waals surface area contributed by atoms with Gasteiger partial charge in [-0.15, -0.1) is 21.5 Å². The van der Waals surface area contributed by atoms with Gasteiger partial charge in [-0.1, -0.05) is 41.7 Å². The third-order valence-electron chi connectivity index (χ3n) is 6.42. The van der Waals surface area contributed by atoms with Crippen molar-refractivity contribution in [1.29, 1.82) is 0 Å². The zero-order valence-corrected chi connectivity index (χ0v) is 24.7. The molecule has 2 aromatic carbocycles. The number of thiophene rings is 1. The van der Waals surface area contributed by atoms with Crippen LogP contribution in [0, 0.1) is 0 Å². The van der Waals surface area contributed by atoms with E-state index in [1.165, 1.54) is 58.2 Å². The lowest BCUT2D eigenvalue weighted by molar-refractivity contribution is -0.113. The third kappa shape index (κ3) is 5.94. The molecule has 3 aromatic heterocycles. The molecule has 11 nitrogen and oxygen atoms in total. The average molecular weight is 625 g/mol. The van der Waals surface area contributed by atoms with E-state index in [0.29, 0.717) is 33.4 Å². The highest BCUT2D eigenvalue weighted by Crippen LogP contribution is 2.39. The van der Waals surface area contributed by atoms with Crippen LogP contribution in [0.2, 0.25) is 0 Å². The molecule has 0 bridgehead atoms. The molecular weight excluding hydrogens is 601 g/mol. The number of hydrogen-bond acceptors (Lipinski definition) is 11. The molecule has 0 radical (unpaired) electrons. The van der Waals surface area contributed by atoms with Crippen LogP contribution in [0.25, 0.3) is 15.9 Å². The molecule has 1 aliphatic rings. The summed E-state index contributed by atoms with van der Waals surface area (Å²) in [5.41, 5.74) is 8.97. The van der Waals surface area contributed by atoms with Gasteiger partial charge in [-0.3, -0.25) is 9.36 Å². The molecule has 0 saturated heterocycles. The van der Waals surface area contributed by atoms with Gasteiger partial charge in [-0.2, -0.15) is 0 Å². The van der Waals surface area contributed by atoms with Crippen molar-refractivity contribution in [3.63, 3.8) is 0 Å². The van der Waals surface area contributed by atoms with Crippen LogP contribution >= 0.6 is 34.9 Å². The number of anilines is 2. The molecule has 5 N–H and O–H groups in total. The Kier molecular flexibility index (Phi) is 7.70. The molecular formula is C26H24N8O3S4. The normalized spacial score (nSPS) is 13.0. The van der Waals surface area contributed by atoms with Crippen LogP contribution in [0.3, 0.4) is 0 Å². The second-order valence-corrected chi connectivity index (χ2v) is 13.7. The van der Waals surface area contributed by atoms with Gasteiger partial charge >= 0.3 is 0 Å². The van der Waals surface area contributed by atoms with E-state index >= 15 is 0 Å². The van der Waals surface area contributed by atoms with Crippen LogP contribution in [0.15, 0.2) is 69.8 Å². The molecule has 0 spiro atoms. The number of nitrogen functional groups attached to an aromatic ring is 1. The minimum absolute atomic E-state index is 0.0294. The fraction of sp³-hybridized carbons (Fsp3) is 0.192. The molecule has 1 amide bonds. The van der Waals surface area contributed by atoms with E-state index in [9.17, 15) is 13.2 Å². The number of carbonyl (C=O) groups excluding carboxylic acids is 1. The number of para-hydroxylation sites is 1. The van der Waals surface area contributed by atoms with Crippen molar-refractivity contribution in [3.05, 3.63) is 70.9 Å². The molecule has 210 valence electrons. The third-order valence-corrected chi connectivity index (χ3v) is 10.3. The maximum Gasteiger partial charge on any atom is 0.238 e. The first-order valence-electron chi connectivity index (χ1n) is 12.5. The number of carbonyl (C=O) groups is 1. The van der Waals surface area contributed by atoms with Crippen molar-refractivity contribution in [2.45, 2.75) is 40.2 Å². The summed E-state index contributed by atoms with van der Waals surface area (Å²) >= 11 is 4.38. The van der Waals surface area contributed by atoms with Crippen molar-refractivity contribution in [3.8, 4) is 5.69 Å². The Hall–Kier alpha value is -3.50. The van der Waals surface area contributed by atoms with Crippen molar-refractivity contribution in [1.82, 2.24) is 24.7 Å². The number of aryl methyl sites for hydroxylation is 2. The Bertz CT molecular complexity index is 1860. The molecule has 5 aromatic rings. The molecule has 0 aliphatic heterocycles. The number of nitrogens with two attached hydrogens (primary N) is 2.